The summed E-state index contributed by atoms with van der Waals surface area (Å²) in [5, 5.41) is 3.66. The van der Waals surface area contributed by atoms with Crippen LogP contribution >= 0.6 is 0 Å². The van der Waals surface area contributed by atoms with E-state index in [0.717, 1.165) is 24.1 Å². The van der Waals surface area contributed by atoms with Crippen LogP contribution in [0.25, 0.3) is 11.0 Å². The van der Waals surface area contributed by atoms with Crippen molar-refractivity contribution in [3.63, 3.8) is 0 Å². The first kappa shape index (κ1) is 21.6. The first-order valence-corrected chi connectivity index (χ1v) is 11.5. The number of benzene rings is 1. The van der Waals surface area contributed by atoms with Crippen LogP contribution < -0.4 is 10.7 Å². The molecular weight excluding hydrogens is 422 g/mol. The van der Waals surface area contributed by atoms with Crippen LogP contribution in [0.5, 0.6) is 0 Å². The minimum atomic E-state index is -0.775. The molecule has 3 atom stereocenters. The van der Waals surface area contributed by atoms with E-state index in [1.54, 1.807) is 19.1 Å². The normalized spacial score (nSPS) is 25.0. The van der Waals surface area contributed by atoms with Crippen LogP contribution in [0.15, 0.2) is 56.7 Å². The number of rotatable bonds is 4. The lowest BCUT2D eigenvalue weighted by Gasteiger charge is -2.37. The van der Waals surface area contributed by atoms with Crippen LogP contribution in [0, 0.1) is 12.8 Å². The molecule has 1 fully saturated rings. The van der Waals surface area contributed by atoms with Gasteiger partial charge in [-0.3, -0.25) is 9.59 Å². The van der Waals surface area contributed by atoms with Crippen LogP contribution in [-0.4, -0.2) is 31.1 Å². The van der Waals surface area contributed by atoms with Gasteiger partial charge in [0.15, 0.2) is 5.43 Å². The van der Waals surface area contributed by atoms with Gasteiger partial charge in [-0.05, 0) is 45.2 Å². The topological polar surface area (TPSA) is 94.8 Å². The van der Waals surface area contributed by atoms with E-state index in [4.69, 9.17) is 13.9 Å². The molecule has 33 heavy (non-hydrogen) atoms. The van der Waals surface area contributed by atoms with Crippen molar-refractivity contribution in [2.24, 2.45) is 5.92 Å². The fourth-order valence-corrected chi connectivity index (χ4v) is 5.12. The summed E-state index contributed by atoms with van der Waals surface area (Å²) in [5.74, 6) is -1.98. The summed E-state index contributed by atoms with van der Waals surface area (Å²) in [5.41, 5.74) is 3.06. The van der Waals surface area contributed by atoms with Crippen LogP contribution in [0.1, 0.15) is 49.7 Å². The molecule has 2 aromatic rings. The summed E-state index contributed by atoms with van der Waals surface area (Å²) in [6.45, 7) is 4.49. The smallest absolute Gasteiger partial charge is 0.336 e. The van der Waals surface area contributed by atoms with Crippen LogP contribution in [-0.2, 0) is 19.1 Å². The Morgan fingerprint density at radius 2 is 2.06 bits per heavy atom. The molecule has 3 heterocycles. The van der Waals surface area contributed by atoms with E-state index in [-0.39, 0.29) is 23.9 Å². The molecule has 1 aliphatic carbocycles. The molecule has 7 nitrogen and oxygen atoms in total. The van der Waals surface area contributed by atoms with E-state index in [9.17, 15) is 14.4 Å². The summed E-state index contributed by atoms with van der Waals surface area (Å²) >= 11 is 0. The maximum atomic E-state index is 13.6. The van der Waals surface area contributed by atoms with Crippen LogP contribution in [0.2, 0.25) is 0 Å². The highest BCUT2D eigenvalue weighted by Crippen LogP contribution is 2.43. The fourth-order valence-electron chi connectivity index (χ4n) is 5.12. The summed E-state index contributed by atoms with van der Waals surface area (Å²) in [4.78, 5) is 40.0. The molecule has 3 aliphatic rings. The van der Waals surface area contributed by atoms with Gasteiger partial charge in [0.2, 0.25) is 0 Å². The van der Waals surface area contributed by atoms with Crippen molar-refractivity contribution in [3.8, 4) is 0 Å². The maximum absolute atomic E-state index is 13.6. The van der Waals surface area contributed by atoms with Gasteiger partial charge in [0.05, 0.1) is 29.2 Å². The number of ketones is 1. The molecule has 0 bridgehead atoms. The number of fused-ring (bicyclic) bond motifs is 2. The van der Waals surface area contributed by atoms with Gasteiger partial charge in [-0.2, -0.15) is 0 Å². The molecule has 0 saturated carbocycles. The molecule has 0 amide bonds. The molecule has 172 valence electrons. The van der Waals surface area contributed by atoms with E-state index in [1.807, 2.05) is 19.1 Å². The van der Waals surface area contributed by atoms with Crippen molar-refractivity contribution in [2.75, 3.05) is 13.2 Å². The Bertz CT molecular complexity index is 1250. The number of hydrogen-bond donors (Lipinski definition) is 1. The standard InChI is InChI=1S/C26H27NO6/c1-14-8-9-21-17(11-14)25(29)18(13-32-21)23-22(26(30)33-12-16-5-4-10-31-16)15(2)27-19-6-3-7-20(28)24(19)23/h6,8-9,11,13,16,23-24,27H,3-5,7,10,12H2,1-2H3. The van der Waals surface area contributed by atoms with Crippen molar-refractivity contribution in [1.82, 2.24) is 5.32 Å². The fraction of sp³-hybridized carbons (Fsp3) is 0.423. The van der Waals surface area contributed by atoms with Crippen molar-refractivity contribution in [1.29, 1.82) is 0 Å². The summed E-state index contributed by atoms with van der Waals surface area (Å²) in [6.07, 6.45) is 6.03. The molecule has 1 aromatic carbocycles. The molecule has 7 heteroatoms. The molecule has 0 spiro atoms. The Labute approximate surface area is 191 Å². The highest BCUT2D eigenvalue weighted by Gasteiger charge is 2.45. The van der Waals surface area contributed by atoms with E-state index >= 15 is 0 Å². The van der Waals surface area contributed by atoms with Gasteiger partial charge in [-0.1, -0.05) is 17.7 Å². The van der Waals surface area contributed by atoms with Crippen molar-refractivity contribution < 1.29 is 23.5 Å². The second-order valence-electron chi connectivity index (χ2n) is 9.04. The zero-order chi connectivity index (χ0) is 23.1. The number of Topliss-reactive ketones (excluding diaryl/α,β-unsaturated/α-hetero) is 1. The molecule has 5 rings (SSSR count). The maximum Gasteiger partial charge on any atom is 0.336 e. The number of aryl methyl sites for hydroxylation is 1. The Morgan fingerprint density at radius 3 is 2.85 bits per heavy atom. The van der Waals surface area contributed by atoms with Gasteiger partial charge < -0.3 is 19.2 Å². The Balaban J connectivity index is 1.61. The first-order chi connectivity index (χ1) is 15.9. The lowest BCUT2D eigenvalue weighted by atomic mass is 9.71. The number of carbonyl (C=O) groups excluding carboxylic acids is 2. The van der Waals surface area contributed by atoms with Gasteiger partial charge in [0, 0.05) is 35.9 Å². The summed E-state index contributed by atoms with van der Waals surface area (Å²) in [6, 6.07) is 5.41. The predicted molar refractivity (Wildman–Crippen MR) is 122 cm³/mol. The minimum absolute atomic E-state index is 0.00864. The van der Waals surface area contributed by atoms with Gasteiger partial charge >= 0.3 is 5.97 Å². The van der Waals surface area contributed by atoms with E-state index in [0.29, 0.717) is 47.3 Å². The van der Waals surface area contributed by atoms with Gasteiger partial charge in [0.25, 0.3) is 0 Å². The molecule has 2 aliphatic heterocycles. The zero-order valence-electron chi connectivity index (χ0n) is 18.8. The number of ether oxygens (including phenoxy) is 2. The predicted octanol–water partition coefficient (Wildman–Crippen LogP) is 3.65. The zero-order valence-corrected chi connectivity index (χ0v) is 18.8. The SMILES string of the molecule is CC1=C(C(=O)OCC2CCCO2)C(c2coc3ccc(C)cc3c2=O)C2C(=O)CCC=C2N1. The van der Waals surface area contributed by atoms with E-state index in [2.05, 4.69) is 5.32 Å². The third-order valence-electron chi connectivity index (χ3n) is 6.75. The second kappa shape index (κ2) is 8.63. The lowest BCUT2D eigenvalue weighted by molar-refractivity contribution is -0.143. The number of esters is 1. The molecular formula is C26H27NO6. The van der Waals surface area contributed by atoms with Crippen LogP contribution in [0.4, 0.5) is 0 Å². The number of hydrogen-bond acceptors (Lipinski definition) is 7. The molecule has 0 radical (unpaired) electrons. The van der Waals surface area contributed by atoms with Gasteiger partial charge in [-0.15, -0.1) is 0 Å². The highest BCUT2D eigenvalue weighted by atomic mass is 16.6. The monoisotopic (exact) mass is 449 g/mol. The highest BCUT2D eigenvalue weighted by molar-refractivity contribution is 5.96. The largest absolute Gasteiger partial charge is 0.464 e. The average Bonchev–Trinajstić information content (AvgIpc) is 3.31. The van der Waals surface area contributed by atoms with Crippen molar-refractivity contribution >= 4 is 22.7 Å². The quantitative estimate of drug-likeness (QED) is 0.712. The lowest BCUT2D eigenvalue weighted by Crippen LogP contribution is -2.42. The molecule has 1 N–H and O–H groups in total. The van der Waals surface area contributed by atoms with E-state index in [1.165, 1.54) is 6.26 Å². The second-order valence-corrected chi connectivity index (χ2v) is 9.04. The van der Waals surface area contributed by atoms with Crippen molar-refractivity contribution in [3.05, 3.63) is 68.9 Å². The third kappa shape index (κ3) is 3.91. The van der Waals surface area contributed by atoms with Gasteiger partial charge in [-0.25, -0.2) is 4.79 Å². The van der Waals surface area contributed by atoms with Gasteiger partial charge in [0.1, 0.15) is 18.0 Å². The van der Waals surface area contributed by atoms with Crippen LogP contribution in [0.3, 0.4) is 0 Å². The van der Waals surface area contributed by atoms with E-state index < -0.39 is 17.8 Å². The summed E-state index contributed by atoms with van der Waals surface area (Å²) in [7, 11) is 0. The Morgan fingerprint density at radius 1 is 1.21 bits per heavy atom. The number of allylic oxidation sites excluding steroid dienone is 3. The first-order valence-electron chi connectivity index (χ1n) is 11.5. The average molecular weight is 450 g/mol. The molecule has 3 unspecified atom stereocenters. The Hall–Kier alpha value is -3.19. The molecule has 1 saturated heterocycles. The summed E-state index contributed by atoms with van der Waals surface area (Å²) < 4.78 is 17.0. The van der Waals surface area contributed by atoms with Crippen molar-refractivity contribution in [2.45, 2.75) is 51.6 Å². The number of nitrogens with one attached hydrogen (secondary N) is 1. The minimum Gasteiger partial charge on any atom is -0.464 e. The number of carbonyl (C=O) groups is 2. The third-order valence-corrected chi connectivity index (χ3v) is 6.75. The molecule has 1 aromatic heterocycles. The Kier molecular flexibility index (Phi) is 5.66.